The number of amidine groups is 1. The summed E-state index contributed by atoms with van der Waals surface area (Å²) in [7, 11) is 1.37. The van der Waals surface area contributed by atoms with Crippen LogP contribution in [-0.2, 0) is 16.0 Å². The fourth-order valence-corrected chi connectivity index (χ4v) is 6.79. The number of carbonyl (C=O) groups excluding carboxylic acids is 1. The highest BCUT2D eigenvalue weighted by atomic mass is 19.4. The topological polar surface area (TPSA) is 59.9 Å². The zero-order valence-electron chi connectivity index (χ0n) is 21.2. The van der Waals surface area contributed by atoms with Crippen LogP contribution in [0.1, 0.15) is 50.2 Å². The Morgan fingerprint density at radius 3 is 2.54 bits per heavy atom. The van der Waals surface area contributed by atoms with Crippen LogP contribution in [0.25, 0.3) is 0 Å². The Morgan fingerprint density at radius 1 is 1.16 bits per heavy atom. The Labute approximate surface area is 214 Å². The molecule has 0 radical (unpaired) electrons. The van der Waals surface area contributed by atoms with Gasteiger partial charge in [0.25, 0.3) is 0 Å². The Bertz CT molecular complexity index is 1250. The lowest BCUT2D eigenvalue weighted by molar-refractivity contribution is -0.274. The number of anilines is 1. The van der Waals surface area contributed by atoms with E-state index in [1.807, 2.05) is 12.1 Å². The maximum atomic E-state index is 12.6. The van der Waals surface area contributed by atoms with Gasteiger partial charge in [0.15, 0.2) is 0 Å². The number of nitrogens with zero attached hydrogens (tertiary/aromatic N) is 1. The minimum atomic E-state index is -4.74. The summed E-state index contributed by atoms with van der Waals surface area (Å²) in [6, 6.07) is 11.7. The number of esters is 1. The third-order valence-electron chi connectivity index (χ3n) is 8.18. The average Bonchev–Trinajstić information content (AvgIpc) is 3.46. The molecule has 1 aliphatic heterocycles. The summed E-state index contributed by atoms with van der Waals surface area (Å²) in [4.78, 5) is 16.9. The van der Waals surface area contributed by atoms with Gasteiger partial charge in [0.05, 0.1) is 19.2 Å². The van der Waals surface area contributed by atoms with Crippen LogP contribution in [0, 0.1) is 23.2 Å². The number of allylic oxidation sites excluding steroid dienone is 1. The summed E-state index contributed by atoms with van der Waals surface area (Å²) in [5, 5.41) is 3.41. The number of methoxy groups -OCH3 is 1. The van der Waals surface area contributed by atoms with Crippen molar-refractivity contribution in [3.05, 3.63) is 65.7 Å². The van der Waals surface area contributed by atoms with Crippen LogP contribution in [0.15, 0.2) is 59.6 Å². The maximum absolute atomic E-state index is 12.6. The number of carbonyl (C=O) groups is 1. The number of fused-ring (bicyclic) bond motifs is 5. The van der Waals surface area contributed by atoms with E-state index in [4.69, 9.17) is 9.73 Å². The van der Waals surface area contributed by atoms with Gasteiger partial charge in [0.2, 0.25) is 0 Å². The minimum absolute atomic E-state index is 0.0101. The van der Waals surface area contributed by atoms with Crippen molar-refractivity contribution in [2.75, 3.05) is 12.4 Å². The lowest BCUT2D eigenvalue weighted by atomic mass is 9.67. The predicted molar refractivity (Wildman–Crippen MR) is 136 cm³/mol. The van der Waals surface area contributed by atoms with Crippen molar-refractivity contribution in [3.63, 3.8) is 0 Å². The molecule has 1 spiro atoms. The standard InChI is InChI=1S/C29H31F3N2O3/c1-16(2)22-12-5-17(3)15-28(22)25-21-11-6-18(14-24(35)36-4)13-23(21)34-27(26(25)28)33-19-7-9-20(10-8-19)37-29(30,31)32/h6-11,13,17,22,25-26H,1,5,12,14-15H2,2-4H3,(H,33,34)/t17-,22+,25-,26?,28-/m1/s1. The van der Waals surface area contributed by atoms with E-state index in [9.17, 15) is 18.0 Å². The summed E-state index contributed by atoms with van der Waals surface area (Å²) in [6.45, 7) is 8.74. The highest BCUT2D eigenvalue weighted by Gasteiger charge is 2.72. The first-order chi connectivity index (χ1) is 17.5. The molecule has 0 bridgehead atoms. The number of ether oxygens (including phenoxy) is 2. The minimum Gasteiger partial charge on any atom is -0.469 e. The molecule has 3 aliphatic rings. The van der Waals surface area contributed by atoms with E-state index < -0.39 is 6.36 Å². The van der Waals surface area contributed by atoms with Gasteiger partial charge in [-0.3, -0.25) is 4.79 Å². The molecule has 0 aromatic heterocycles. The van der Waals surface area contributed by atoms with Crippen molar-refractivity contribution >= 4 is 23.2 Å². The van der Waals surface area contributed by atoms with Crippen molar-refractivity contribution < 1.29 is 27.4 Å². The number of halogens is 3. The number of hydrogen-bond acceptors (Lipinski definition) is 5. The molecule has 196 valence electrons. The molecule has 1 N–H and O–H groups in total. The molecule has 37 heavy (non-hydrogen) atoms. The molecule has 1 heterocycles. The van der Waals surface area contributed by atoms with Crippen LogP contribution in [0.4, 0.5) is 24.5 Å². The third-order valence-corrected chi connectivity index (χ3v) is 8.18. The van der Waals surface area contributed by atoms with E-state index in [1.54, 1.807) is 12.1 Å². The Balaban J connectivity index is 1.52. The van der Waals surface area contributed by atoms with E-state index >= 15 is 0 Å². The van der Waals surface area contributed by atoms with E-state index in [-0.39, 0.29) is 35.4 Å². The first kappa shape index (κ1) is 25.4. The average molecular weight is 513 g/mol. The first-order valence-electron chi connectivity index (χ1n) is 12.6. The van der Waals surface area contributed by atoms with Gasteiger partial charge in [0, 0.05) is 17.5 Å². The Hall–Kier alpha value is -3.29. The second kappa shape index (κ2) is 9.23. The second-order valence-electron chi connectivity index (χ2n) is 10.7. The van der Waals surface area contributed by atoms with Gasteiger partial charge in [-0.1, -0.05) is 37.6 Å². The molecule has 2 saturated carbocycles. The van der Waals surface area contributed by atoms with Crippen LogP contribution in [0.3, 0.4) is 0 Å². The largest absolute Gasteiger partial charge is 0.573 e. The van der Waals surface area contributed by atoms with Gasteiger partial charge in [-0.25, -0.2) is 4.99 Å². The van der Waals surface area contributed by atoms with E-state index in [2.05, 4.69) is 36.5 Å². The predicted octanol–water partition coefficient (Wildman–Crippen LogP) is 7.17. The number of aliphatic imine (C=N–C) groups is 1. The van der Waals surface area contributed by atoms with Crippen LogP contribution >= 0.6 is 0 Å². The van der Waals surface area contributed by atoms with Crippen molar-refractivity contribution in [1.82, 2.24) is 0 Å². The van der Waals surface area contributed by atoms with Crippen LogP contribution < -0.4 is 10.1 Å². The Kier molecular flexibility index (Phi) is 6.32. The molecule has 0 saturated heterocycles. The first-order valence-corrected chi connectivity index (χ1v) is 12.6. The number of benzene rings is 2. The van der Waals surface area contributed by atoms with Crippen LogP contribution in [-0.4, -0.2) is 25.3 Å². The SMILES string of the molecule is C=C(C)[C@@H]1CC[C@@H](C)C[C@@]12C1C(Nc3ccc(OC(F)(F)F)cc3)=Nc3cc(CC(=O)OC)ccc3[C@H]12. The summed E-state index contributed by atoms with van der Waals surface area (Å²) in [5.41, 5.74) is 4.63. The number of nitrogens with one attached hydrogen (secondary N) is 1. The normalized spacial score (nSPS) is 28.0. The molecular formula is C29H31F3N2O3. The molecule has 5 rings (SSSR count). The van der Waals surface area contributed by atoms with Crippen molar-refractivity contribution in [2.24, 2.45) is 28.2 Å². The monoisotopic (exact) mass is 512 g/mol. The lowest BCUT2D eigenvalue weighted by Crippen LogP contribution is -2.31. The molecule has 0 amide bonds. The molecule has 2 aromatic carbocycles. The summed E-state index contributed by atoms with van der Waals surface area (Å²) < 4.78 is 46.6. The molecule has 2 aliphatic carbocycles. The summed E-state index contributed by atoms with van der Waals surface area (Å²) in [6.07, 6.45) is -1.28. The summed E-state index contributed by atoms with van der Waals surface area (Å²) >= 11 is 0. The van der Waals surface area contributed by atoms with Gasteiger partial charge in [-0.2, -0.15) is 0 Å². The third kappa shape index (κ3) is 4.74. The zero-order chi connectivity index (χ0) is 26.5. The smallest absolute Gasteiger partial charge is 0.469 e. The number of alkyl halides is 3. The van der Waals surface area contributed by atoms with Crippen LogP contribution in [0.5, 0.6) is 5.75 Å². The van der Waals surface area contributed by atoms with Gasteiger partial charge < -0.3 is 14.8 Å². The zero-order valence-corrected chi connectivity index (χ0v) is 21.2. The fraction of sp³-hybridized carbons (Fsp3) is 0.448. The van der Waals surface area contributed by atoms with Crippen molar-refractivity contribution in [3.8, 4) is 5.75 Å². The van der Waals surface area contributed by atoms with Crippen molar-refractivity contribution in [2.45, 2.75) is 51.8 Å². The van der Waals surface area contributed by atoms with Gasteiger partial charge >= 0.3 is 12.3 Å². The molecule has 5 atom stereocenters. The van der Waals surface area contributed by atoms with E-state index in [0.29, 0.717) is 17.5 Å². The van der Waals surface area contributed by atoms with Gasteiger partial charge in [0.1, 0.15) is 11.6 Å². The second-order valence-corrected chi connectivity index (χ2v) is 10.7. The van der Waals surface area contributed by atoms with Crippen LogP contribution in [0.2, 0.25) is 0 Å². The molecule has 8 heteroatoms. The molecule has 1 unspecified atom stereocenters. The number of hydrogen-bond donors (Lipinski definition) is 1. The highest BCUT2D eigenvalue weighted by molar-refractivity contribution is 6.04. The fourth-order valence-electron chi connectivity index (χ4n) is 6.79. The maximum Gasteiger partial charge on any atom is 0.573 e. The number of rotatable bonds is 5. The highest BCUT2D eigenvalue weighted by Crippen LogP contribution is 2.77. The lowest BCUT2D eigenvalue weighted by Gasteiger charge is -2.37. The van der Waals surface area contributed by atoms with Gasteiger partial charge in [-0.15, -0.1) is 13.2 Å². The Morgan fingerprint density at radius 2 is 1.89 bits per heavy atom. The quantitative estimate of drug-likeness (QED) is 0.341. The van der Waals surface area contributed by atoms with Crippen molar-refractivity contribution in [1.29, 1.82) is 0 Å². The molecule has 2 fully saturated rings. The van der Waals surface area contributed by atoms with E-state index in [0.717, 1.165) is 36.3 Å². The van der Waals surface area contributed by atoms with E-state index in [1.165, 1.54) is 30.4 Å². The molecule has 2 aromatic rings. The molecular weight excluding hydrogens is 481 g/mol. The van der Waals surface area contributed by atoms with Gasteiger partial charge in [-0.05, 0) is 78.5 Å². The molecule has 5 nitrogen and oxygen atoms in total. The summed E-state index contributed by atoms with van der Waals surface area (Å²) in [5.74, 6) is 1.55.